The molecule has 2 heterocycles. The molecule has 0 saturated carbocycles. The molecule has 106 valence electrons. The van der Waals surface area contributed by atoms with E-state index in [-0.39, 0.29) is 0 Å². The molecule has 3 nitrogen and oxygen atoms in total. The first kappa shape index (κ1) is 14.3. The highest BCUT2D eigenvalue weighted by Gasteiger charge is 2.40. The Labute approximate surface area is 113 Å². The van der Waals surface area contributed by atoms with Gasteiger partial charge < -0.3 is 9.80 Å². The zero-order chi connectivity index (χ0) is 13.2. The molecule has 0 bridgehead atoms. The SMILES string of the molecule is CC(C)CC1(N2CCN(C)CC2)CCN(C)CC1. The monoisotopic (exact) mass is 253 g/mol. The Morgan fingerprint density at radius 3 is 1.83 bits per heavy atom. The first-order valence-corrected chi connectivity index (χ1v) is 7.64. The summed E-state index contributed by atoms with van der Waals surface area (Å²) in [5.41, 5.74) is 0.502. The standard InChI is InChI=1S/C15H31N3/c1-14(2)13-15(5-7-16(3)8-6-15)18-11-9-17(4)10-12-18/h14H,5-13H2,1-4H3. The van der Waals surface area contributed by atoms with Crippen LogP contribution in [0.3, 0.4) is 0 Å². The van der Waals surface area contributed by atoms with Crippen LogP contribution in [0.5, 0.6) is 0 Å². The Kier molecular flexibility index (Phi) is 4.68. The van der Waals surface area contributed by atoms with Crippen LogP contribution >= 0.6 is 0 Å². The van der Waals surface area contributed by atoms with E-state index in [2.05, 4.69) is 42.6 Å². The highest BCUT2D eigenvalue weighted by molar-refractivity contribution is 4.97. The number of rotatable bonds is 3. The second kappa shape index (κ2) is 5.89. The lowest BCUT2D eigenvalue weighted by Crippen LogP contribution is -2.60. The molecule has 3 heteroatoms. The van der Waals surface area contributed by atoms with Crippen molar-refractivity contribution in [1.29, 1.82) is 0 Å². The predicted molar refractivity (Wildman–Crippen MR) is 78.0 cm³/mol. The third-order valence-electron chi connectivity index (χ3n) is 4.88. The summed E-state index contributed by atoms with van der Waals surface area (Å²) in [7, 11) is 4.52. The molecule has 2 fully saturated rings. The van der Waals surface area contributed by atoms with E-state index >= 15 is 0 Å². The summed E-state index contributed by atoms with van der Waals surface area (Å²) in [6.07, 6.45) is 4.11. The fraction of sp³-hybridized carbons (Fsp3) is 1.00. The largest absolute Gasteiger partial charge is 0.306 e. The van der Waals surface area contributed by atoms with Crippen molar-refractivity contribution >= 4 is 0 Å². The van der Waals surface area contributed by atoms with E-state index in [1.54, 1.807) is 0 Å². The third kappa shape index (κ3) is 3.25. The summed E-state index contributed by atoms with van der Waals surface area (Å²) in [5, 5.41) is 0. The van der Waals surface area contributed by atoms with Crippen LogP contribution in [-0.4, -0.2) is 73.6 Å². The van der Waals surface area contributed by atoms with Crippen molar-refractivity contribution in [2.45, 2.75) is 38.6 Å². The maximum atomic E-state index is 2.82. The minimum absolute atomic E-state index is 0.502. The summed E-state index contributed by atoms with van der Waals surface area (Å²) in [6.45, 7) is 12.4. The Morgan fingerprint density at radius 2 is 1.33 bits per heavy atom. The van der Waals surface area contributed by atoms with Crippen LogP contribution in [0, 0.1) is 5.92 Å². The van der Waals surface area contributed by atoms with E-state index in [4.69, 9.17) is 0 Å². The Bertz CT molecular complexity index is 248. The summed E-state index contributed by atoms with van der Waals surface area (Å²) in [4.78, 5) is 7.78. The molecular formula is C15H31N3. The van der Waals surface area contributed by atoms with Crippen molar-refractivity contribution in [1.82, 2.24) is 14.7 Å². The normalized spacial score (nSPS) is 27.8. The zero-order valence-electron chi connectivity index (χ0n) is 12.8. The molecule has 2 aliphatic rings. The van der Waals surface area contributed by atoms with Crippen molar-refractivity contribution < 1.29 is 0 Å². The van der Waals surface area contributed by atoms with E-state index < -0.39 is 0 Å². The first-order valence-electron chi connectivity index (χ1n) is 7.64. The topological polar surface area (TPSA) is 9.72 Å². The van der Waals surface area contributed by atoms with Gasteiger partial charge >= 0.3 is 0 Å². The Hall–Kier alpha value is -0.120. The lowest BCUT2D eigenvalue weighted by Gasteiger charge is -2.51. The second-order valence-corrected chi connectivity index (χ2v) is 6.92. The average molecular weight is 253 g/mol. The zero-order valence-corrected chi connectivity index (χ0v) is 12.8. The molecule has 0 spiro atoms. The van der Waals surface area contributed by atoms with E-state index in [1.165, 1.54) is 58.5 Å². The summed E-state index contributed by atoms with van der Waals surface area (Å²) in [5.74, 6) is 0.813. The predicted octanol–water partition coefficient (Wildman–Crippen LogP) is 1.74. The number of likely N-dealkylation sites (N-methyl/N-ethyl adjacent to an activating group) is 1. The number of nitrogens with zero attached hydrogens (tertiary/aromatic N) is 3. The van der Waals surface area contributed by atoms with Gasteiger partial charge in [-0.05, 0) is 52.4 Å². The van der Waals surface area contributed by atoms with E-state index in [0.717, 1.165) is 5.92 Å². The summed E-state index contributed by atoms with van der Waals surface area (Å²) >= 11 is 0. The first-order chi connectivity index (χ1) is 8.52. The smallest absolute Gasteiger partial charge is 0.0237 e. The van der Waals surface area contributed by atoms with Crippen LogP contribution < -0.4 is 0 Å². The molecule has 0 unspecified atom stereocenters. The van der Waals surface area contributed by atoms with Gasteiger partial charge in [-0.25, -0.2) is 0 Å². The molecule has 0 N–H and O–H groups in total. The van der Waals surface area contributed by atoms with Crippen molar-refractivity contribution in [3.8, 4) is 0 Å². The van der Waals surface area contributed by atoms with Gasteiger partial charge in [0.15, 0.2) is 0 Å². The maximum Gasteiger partial charge on any atom is 0.0237 e. The molecule has 0 aromatic rings. The van der Waals surface area contributed by atoms with Crippen LogP contribution in [0.15, 0.2) is 0 Å². The Morgan fingerprint density at radius 1 is 0.833 bits per heavy atom. The van der Waals surface area contributed by atoms with Gasteiger partial charge in [-0.15, -0.1) is 0 Å². The average Bonchev–Trinajstić information content (AvgIpc) is 2.33. The van der Waals surface area contributed by atoms with E-state index in [0.29, 0.717) is 5.54 Å². The van der Waals surface area contributed by atoms with Crippen LogP contribution in [0.25, 0.3) is 0 Å². The van der Waals surface area contributed by atoms with Crippen molar-refractivity contribution in [2.75, 3.05) is 53.4 Å². The molecule has 0 radical (unpaired) electrons. The Balaban J connectivity index is 2.04. The van der Waals surface area contributed by atoms with Crippen molar-refractivity contribution in [3.05, 3.63) is 0 Å². The number of piperidine rings is 1. The molecular weight excluding hydrogens is 222 g/mol. The number of likely N-dealkylation sites (tertiary alicyclic amines) is 1. The molecule has 0 amide bonds. The van der Waals surface area contributed by atoms with Gasteiger partial charge in [0.05, 0.1) is 0 Å². The van der Waals surface area contributed by atoms with Gasteiger partial charge in [-0.2, -0.15) is 0 Å². The quantitative estimate of drug-likeness (QED) is 0.759. The van der Waals surface area contributed by atoms with Crippen LogP contribution in [0.4, 0.5) is 0 Å². The second-order valence-electron chi connectivity index (χ2n) is 6.92. The highest BCUT2D eigenvalue weighted by Crippen LogP contribution is 2.35. The number of piperazine rings is 1. The lowest BCUT2D eigenvalue weighted by molar-refractivity contribution is -0.0144. The highest BCUT2D eigenvalue weighted by atomic mass is 15.3. The van der Waals surface area contributed by atoms with Crippen LogP contribution in [0.1, 0.15) is 33.1 Å². The summed E-state index contributed by atoms with van der Waals surface area (Å²) in [6, 6.07) is 0. The molecule has 18 heavy (non-hydrogen) atoms. The molecule has 2 saturated heterocycles. The minimum atomic E-state index is 0.502. The van der Waals surface area contributed by atoms with Gasteiger partial charge in [0.25, 0.3) is 0 Å². The molecule has 2 rings (SSSR count). The van der Waals surface area contributed by atoms with Gasteiger partial charge in [-0.3, -0.25) is 4.90 Å². The molecule has 2 aliphatic heterocycles. The molecule has 0 aliphatic carbocycles. The van der Waals surface area contributed by atoms with E-state index in [9.17, 15) is 0 Å². The maximum absolute atomic E-state index is 2.82. The van der Waals surface area contributed by atoms with Crippen LogP contribution in [0.2, 0.25) is 0 Å². The number of hydrogen-bond donors (Lipinski definition) is 0. The van der Waals surface area contributed by atoms with Gasteiger partial charge in [0.1, 0.15) is 0 Å². The molecule has 0 aromatic heterocycles. The fourth-order valence-corrected chi connectivity index (χ4v) is 3.72. The van der Waals surface area contributed by atoms with Crippen molar-refractivity contribution in [3.63, 3.8) is 0 Å². The van der Waals surface area contributed by atoms with Crippen molar-refractivity contribution in [2.24, 2.45) is 5.92 Å². The third-order valence-corrected chi connectivity index (χ3v) is 4.88. The van der Waals surface area contributed by atoms with Crippen LogP contribution in [-0.2, 0) is 0 Å². The van der Waals surface area contributed by atoms with Gasteiger partial charge in [0.2, 0.25) is 0 Å². The molecule has 0 aromatic carbocycles. The molecule has 0 atom stereocenters. The summed E-state index contributed by atoms with van der Waals surface area (Å²) < 4.78 is 0. The minimum Gasteiger partial charge on any atom is -0.306 e. The van der Waals surface area contributed by atoms with Gasteiger partial charge in [-0.1, -0.05) is 13.8 Å². The van der Waals surface area contributed by atoms with E-state index in [1.807, 2.05) is 0 Å². The van der Waals surface area contributed by atoms with Gasteiger partial charge in [0, 0.05) is 31.7 Å². The lowest BCUT2D eigenvalue weighted by atomic mass is 9.78. The fourth-order valence-electron chi connectivity index (χ4n) is 3.72. The number of hydrogen-bond acceptors (Lipinski definition) is 3.